The molecule has 0 aliphatic carbocycles. The lowest BCUT2D eigenvalue weighted by molar-refractivity contribution is -0.116. The Morgan fingerprint density at radius 3 is 2.72 bits per heavy atom. The number of benzene rings is 2. The normalized spacial score (nSPS) is 17.2. The summed E-state index contributed by atoms with van der Waals surface area (Å²) in [7, 11) is -3.13. The summed E-state index contributed by atoms with van der Waals surface area (Å²) in [5.41, 5.74) is 1.76. The van der Waals surface area contributed by atoms with Crippen LogP contribution in [0.2, 0.25) is 0 Å². The first-order chi connectivity index (χ1) is 15.4. The first-order valence-corrected chi connectivity index (χ1v) is 12.9. The van der Waals surface area contributed by atoms with E-state index in [0.29, 0.717) is 23.7 Å². The van der Waals surface area contributed by atoms with E-state index in [1.165, 1.54) is 0 Å². The molecule has 0 N–H and O–H groups in total. The van der Waals surface area contributed by atoms with Crippen LogP contribution in [0.15, 0.2) is 64.2 Å². The molecule has 0 radical (unpaired) electrons. The number of para-hydroxylation sites is 1. The predicted molar refractivity (Wildman–Crippen MR) is 122 cm³/mol. The maximum absolute atomic E-state index is 13.1. The maximum atomic E-state index is 13.1. The molecule has 1 saturated heterocycles. The van der Waals surface area contributed by atoms with Crippen LogP contribution < -0.4 is 9.64 Å². The van der Waals surface area contributed by atoms with Gasteiger partial charge in [0.15, 0.2) is 16.4 Å². The molecule has 2 aromatic carbocycles. The van der Waals surface area contributed by atoms with Crippen molar-refractivity contribution in [2.45, 2.75) is 31.2 Å². The van der Waals surface area contributed by atoms with Crippen LogP contribution in [-0.4, -0.2) is 47.8 Å². The number of hydrogen-bond donors (Lipinski definition) is 0. The van der Waals surface area contributed by atoms with Crippen LogP contribution in [0.25, 0.3) is 0 Å². The van der Waals surface area contributed by atoms with Gasteiger partial charge in [-0.1, -0.05) is 42.1 Å². The average Bonchev–Trinajstić information content (AvgIpc) is 3.37. The molecule has 1 fully saturated rings. The Morgan fingerprint density at radius 2 is 2.00 bits per heavy atom. The van der Waals surface area contributed by atoms with E-state index < -0.39 is 9.84 Å². The minimum absolute atomic E-state index is 0.0285. The van der Waals surface area contributed by atoms with Crippen LogP contribution in [0.1, 0.15) is 17.9 Å². The highest BCUT2D eigenvalue weighted by molar-refractivity contribution is 7.99. The molecule has 1 aliphatic rings. The number of aromatic nitrogens is 2. The lowest BCUT2D eigenvalue weighted by Crippen LogP contribution is -2.42. The van der Waals surface area contributed by atoms with Gasteiger partial charge in [-0.3, -0.25) is 4.79 Å². The summed E-state index contributed by atoms with van der Waals surface area (Å²) >= 11 is 1.12. The minimum atomic E-state index is -3.13. The van der Waals surface area contributed by atoms with Crippen molar-refractivity contribution in [1.82, 2.24) is 10.2 Å². The molecule has 1 aromatic heterocycles. The summed E-state index contributed by atoms with van der Waals surface area (Å²) in [5.74, 6) is 0.917. The van der Waals surface area contributed by atoms with Crippen molar-refractivity contribution in [3.63, 3.8) is 0 Å². The fourth-order valence-electron chi connectivity index (χ4n) is 3.52. The number of aryl methyl sites for hydroxylation is 1. The third-order valence-electron chi connectivity index (χ3n) is 5.00. The van der Waals surface area contributed by atoms with E-state index in [-0.39, 0.29) is 41.0 Å². The molecule has 3 aromatic rings. The van der Waals surface area contributed by atoms with E-state index in [1.54, 1.807) is 17.0 Å². The molecule has 1 amide bonds. The molecule has 168 valence electrons. The molecular formula is C22H23N3O5S2. The molecule has 0 unspecified atom stereocenters. The fraction of sp³-hybridized carbons (Fsp3) is 0.318. The van der Waals surface area contributed by atoms with Gasteiger partial charge >= 0.3 is 0 Å². The van der Waals surface area contributed by atoms with E-state index in [4.69, 9.17) is 9.15 Å². The second-order valence-corrected chi connectivity index (χ2v) is 10.7. The standard InChI is InChI=1S/C22H23N3O5S2/c1-16-6-5-9-19(12-16)29-13-20-23-24-22(30-20)31-14-21(26)25(17-7-3-2-4-8-17)18-10-11-32(27,28)15-18/h2-9,12,18H,10-11,13-15H2,1H3/t18-/m0/s1. The summed E-state index contributed by atoms with van der Waals surface area (Å²) in [6.07, 6.45) is 0.425. The highest BCUT2D eigenvalue weighted by Gasteiger charge is 2.35. The Kier molecular flexibility index (Phi) is 6.80. The van der Waals surface area contributed by atoms with Crippen molar-refractivity contribution < 1.29 is 22.4 Å². The Labute approximate surface area is 190 Å². The highest BCUT2D eigenvalue weighted by Crippen LogP contribution is 2.26. The van der Waals surface area contributed by atoms with Crippen molar-refractivity contribution in [2.24, 2.45) is 0 Å². The number of hydrogen-bond acceptors (Lipinski definition) is 8. The molecule has 32 heavy (non-hydrogen) atoms. The average molecular weight is 474 g/mol. The molecule has 0 spiro atoms. The van der Waals surface area contributed by atoms with Crippen molar-refractivity contribution >= 4 is 33.2 Å². The van der Waals surface area contributed by atoms with Crippen molar-refractivity contribution in [3.05, 3.63) is 66.1 Å². The van der Waals surface area contributed by atoms with Crippen LogP contribution in [-0.2, 0) is 21.2 Å². The summed E-state index contributed by atoms with van der Waals surface area (Å²) in [6.45, 7) is 2.10. The van der Waals surface area contributed by atoms with E-state index in [0.717, 1.165) is 17.3 Å². The number of rotatable bonds is 8. The summed E-state index contributed by atoms with van der Waals surface area (Å²) in [5, 5.41) is 8.19. The Balaban J connectivity index is 1.38. The van der Waals surface area contributed by atoms with Crippen molar-refractivity contribution in [3.8, 4) is 5.75 Å². The number of anilines is 1. The Morgan fingerprint density at radius 1 is 1.19 bits per heavy atom. The van der Waals surface area contributed by atoms with Gasteiger partial charge < -0.3 is 14.1 Å². The zero-order valence-corrected chi connectivity index (χ0v) is 19.1. The first-order valence-electron chi connectivity index (χ1n) is 10.1. The Hall–Kier alpha value is -2.85. The minimum Gasteiger partial charge on any atom is -0.484 e. The van der Waals surface area contributed by atoms with Crippen LogP contribution in [0.3, 0.4) is 0 Å². The predicted octanol–water partition coefficient (Wildman–Crippen LogP) is 3.27. The third kappa shape index (κ3) is 5.68. The second kappa shape index (κ2) is 9.74. The van der Waals surface area contributed by atoms with Crippen molar-refractivity contribution in [2.75, 3.05) is 22.2 Å². The van der Waals surface area contributed by atoms with Gasteiger partial charge in [0.2, 0.25) is 5.91 Å². The topological polar surface area (TPSA) is 103 Å². The summed E-state index contributed by atoms with van der Waals surface area (Å²) in [6, 6.07) is 16.4. The number of thioether (sulfide) groups is 1. The summed E-state index contributed by atoms with van der Waals surface area (Å²) in [4.78, 5) is 14.6. The summed E-state index contributed by atoms with van der Waals surface area (Å²) < 4.78 is 35.2. The van der Waals surface area contributed by atoms with E-state index in [2.05, 4.69) is 10.2 Å². The largest absolute Gasteiger partial charge is 0.484 e. The molecule has 0 bridgehead atoms. The number of ether oxygens (including phenoxy) is 1. The molecule has 10 heteroatoms. The van der Waals surface area contributed by atoms with Gasteiger partial charge in [-0.2, -0.15) is 0 Å². The quantitative estimate of drug-likeness (QED) is 0.459. The second-order valence-electron chi connectivity index (χ2n) is 7.51. The Bertz CT molecular complexity index is 1180. The van der Waals surface area contributed by atoms with Crippen LogP contribution in [0.5, 0.6) is 5.75 Å². The molecule has 2 heterocycles. The van der Waals surface area contributed by atoms with Gasteiger partial charge in [0.1, 0.15) is 5.75 Å². The highest BCUT2D eigenvalue weighted by atomic mass is 32.2. The van der Waals surface area contributed by atoms with Gasteiger partial charge in [0.05, 0.1) is 23.3 Å². The third-order valence-corrected chi connectivity index (χ3v) is 7.55. The van der Waals surface area contributed by atoms with Gasteiger partial charge in [0.25, 0.3) is 11.1 Å². The van der Waals surface area contributed by atoms with Crippen molar-refractivity contribution in [1.29, 1.82) is 0 Å². The number of carbonyl (C=O) groups excluding carboxylic acids is 1. The zero-order valence-electron chi connectivity index (χ0n) is 17.5. The first kappa shape index (κ1) is 22.3. The van der Waals surface area contributed by atoms with Gasteiger partial charge in [-0.05, 0) is 43.2 Å². The van der Waals surface area contributed by atoms with Gasteiger partial charge in [-0.25, -0.2) is 8.42 Å². The van der Waals surface area contributed by atoms with Crippen LogP contribution in [0.4, 0.5) is 5.69 Å². The lowest BCUT2D eigenvalue weighted by atomic mass is 10.2. The van der Waals surface area contributed by atoms with Gasteiger partial charge in [-0.15, -0.1) is 10.2 Å². The number of carbonyl (C=O) groups is 1. The van der Waals surface area contributed by atoms with E-state index in [9.17, 15) is 13.2 Å². The molecule has 1 atom stereocenters. The number of amides is 1. The molecular weight excluding hydrogens is 450 g/mol. The number of nitrogens with zero attached hydrogens (tertiary/aromatic N) is 3. The zero-order chi connectivity index (χ0) is 22.6. The lowest BCUT2D eigenvalue weighted by Gasteiger charge is -2.28. The maximum Gasteiger partial charge on any atom is 0.277 e. The van der Waals surface area contributed by atoms with Crippen LogP contribution >= 0.6 is 11.8 Å². The molecule has 0 saturated carbocycles. The van der Waals surface area contributed by atoms with E-state index in [1.807, 2.05) is 49.4 Å². The number of sulfone groups is 1. The molecule has 4 rings (SSSR count). The molecule has 8 nitrogen and oxygen atoms in total. The fourth-order valence-corrected chi connectivity index (χ4v) is 5.86. The smallest absolute Gasteiger partial charge is 0.277 e. The van der Waals surface area contributed by atoms with Gasteiger partial charge in [0, 0.05) is 5.69 Å². The van der Waals surface area contributed by atoms with E-state index >= 15 is 0 Å². The van der Waals surface area contributed by atoms with Crippen LogP contribution in [0, 0.1) is 6.92 Å². The molecule has 1 aliphatic heterocycles. The SMILES string of the molecule is Cc1cccc(OCc2nnc(SCC(=O)N(c3ccccc3)[C@H]3CCS(=O)(=O)C3)o2)c1. The monoisotopic (exact) mass is 473 g/mol.